The van der Waals surface area contributed by atoms with Crippen LogP contribution in [0.1, 0.15) is 17.3 Å². The number of allylic oxidation sites excluding steroid dienone is 1. The molecule has 4 heteroatoms. The molecule has 0 fully saturated rings. The number of carbonyl (C=O) groups excluding carboxylic acids is 2. The molecule has 0 unspecified atom stereocenters. The Balaban J connectivity index is 2.66. The van der Waals surface area contributed by atoms with Gasteiger partial charge in [0.2, 0.25) is 0 Å². The van der Waals surface area contributed by atoms with Gasteiger partial charge in [0, 0.05) is 11.6 Å². The molecule has 0 bridgehead atoms. The highest BCUT2D eigenvalue weighted by molar-refractivity contribution is 6.07. The molecule has 0 aliphatic rings. The molecule has 17 heavy (non-hydrogen) atoms. The maximum absolute atomic E-state index is 11.6. The van der Waals surface area contributed by atoms with Crippen LogP contribution in [0.3, 0.4) is 0 Å². The van der Waals surface area contributed by atoms with Crippen LogP contribution in [0, 0.1) is 0 Å². The van der Waals surface area contributed by atoms with E-state index in [-0.39, 0.29) is 5.78 Å². The highest BCUT2D eigenvalue weighted by Crippen LogP contribution is 2.11. The Morgan fingerprint density at radius 2 is 1.82 bits per heavy atom. The van der Waals surface area contributed by atoms with E-state index in [9.17, 15) is 9.59 Å². The third-order valence-corrected chi connectivity index (χ3v) is 2.03. The Morgan fingerprint density at radius 3 is 2.35 bits per heavy atom. The van der Waals surface area contributed by atoms with Gasteiger partial charge in [-0.05, 0) is 37.3 Å². The van der Waals surface area contributed by atoms with E-state index in [1.165, 1.54) is 6.08 Å². The van der Waals surface area contributed by atoms with Gasteiger partial charge in [0.05, 0.1) is 13.7 Å². The maximum Gasteiger partial charge on any atom is 0.330 e. The number of methoxy groups -OCH3 is 1. The lowest BCUT2D eigenvalue weighted by atomic mass is 10.1. The number of hydrogen-bond donors (Lipinski definition) is 0. The van der Waals surface area contributed by atoms with Crippen molar-refractivity contribution in [3.8, 4) is 5.75 Å². The molecular weight excluding hydrogens is 220 g/mol. The molecule has 0 radical (unpaired) electrons. The normalized spacial score (nSPS) is 10.2. The summed E-state index contributed by atoms with van der Waals surface area (Å²) in [5, 5.41) is 0. The largest absolute Gasteiger partial charge is 0.497 e. The Kier molecular flexibility index (Phi) is 4.94. The zero-order chi connectivity index (χ0) is 12.7. The molecule has 0 N–H and O–H groups in total. The molecule has 0 aliphatic carbocycles. The second kappa shape index (κ2) is 6.48. The Hall–Kier alpha value is -2.10. The molecule has 0 spiro atoms. The highest BCUT2D eigenvalue weighted by atomic mass is 16.5. The van der Waals surface area contributed by atoms with E-state index in [1.807, 2.05) is 0 Å². The molecule has 90 valence electrons. The summed E-state index contributed by atoms with van der Waals surface area (Å²) < 4.78 is 9.64. The van der Waals surface area contributed by atoms with Crippen molar-refractivity contribution in [2.45, 2.75) is 6.92 Å². The molecule has 0 atom stereocenters. The molecule has 1 rings (SSSR count). The van der Waals surface area contributed by atoms with Crippen LogP contribution in [0.2, 0.25) is 0 Å². The van der Waals surface area contributed by atoms with Crippen LogP contribution < -0.4 is 4.74 Å². The number of benzene rings is 1. The Bertz CT molecular complexity index is 418. The number of hydrogen-bond acceptors (Lipinski definition) is 4. The third-order valence-electron chi connectivity index (χ3n) is 2.03. The summed E-state index contributed by atoms with van der Waals surface area (Å²) in [7, 11) is 1.55. The van der Waals surface area contributed by atoms with Crippen LogP contribution in [-0.4, -0.2) is 25.5 Å². The summed E-state index contributed by atoms with van der Waals surface area (Å²) in [5.41, 5.74) is 0.492. The van der Waals surface area contributed by atoms with Gasteiger partial charge in [-0.15, -0.1) is 0 Å². The van der Waals surface area contributed by atoms with Gasteiger partial charge in [-0.3, -0.25) is 4.79 Å². The summed E-state index contributed by atoms with van der Waals surface area (Å²) in [4.78, 5) is 22.6. The second-order valence-electron chi connectivity index (χ2n) is 3.18. The molecule has 0 aromatic heterocycles. The summed E-state index contributed by atoms with van der Waals surface area (Å²) >= 11 is 0. The van der Waals surface area contributed by atoms with Crippen molar-refractivity contribution in [3.63, 3.8) is 0 Å². The standard InChI is InChI=1S/C13H14O4/c1-3-17-13(15)9-8-12(14)10-4-6-11(16-2)7-5-10/h4-9H,3H2,1-2H3. The van der Waals surface area contributed by atoms with Crippen LogP contribution >= 0.6 is 0 Å². The first-order chi connectivity index (χ1) is 8.17. The fourth-order valence-corrected chi connectivity index (χ4v) is 1.19. The van der Waals surface area contributed by atoms with Crippen LogP contribution in [0.5, 0.6) is 5.75 Å². The summed E-state index contributed by atoms with van der Waals surface area (Å²) in [5.74, 6) is -0.0917. The highest BCUT2D eigenvalue weighted by Gasteiger charge is 2.03. The molecule has 0 saturated heterocycles. The molecule has 0 amide bonds. The summed E-state index contributed by atoms with van der Waals surface area (Å²) in [6.07, 6.45) is 2.32. The lowest BCUT2D eigenvalue weighted by molar-refractivity contribution is -0.137. The zero-order valence-corrected chi connectivity index (χ0v) is 9.80. The Morgan fingerprint density at radius 1 is 1.18 bits per heavy atom. The lowest BCUT2D eigenvalue weighted by Gasteiger charge is -2.00. The predicted molar refractivity (Wildman–Crippen MR) is 63.1 cm³/mol. The predicted octanol–water partition coefficient (Wildman–Crippen LogP) is 2.00. The maximum atomic E-state index is 11.6. The van der Waals surface area contributed by atoms with Gasteiger partial charge in [-0.25, -0.2) is 4.79 Å². The monoisotopic (exact) mass is 234 g/mol. The van der Waals surface area contributed by atoms with E-state index in [1.54, 1.807) is 38.3 Å². The van der Waals surface area contributed by atoms with E-state index >= 15 is 0 Å². The Labute approximate surface area is 99.8 Å². The first-order valence-corrected chi connectivity index (χ1v) is 5.20. The first-order valence-electron chi connectivity index (χ1n) is 5.20. The minimum absolute atomic E-state index is 0.249. The molecule has 1 aromatic carbocycles. The SMILES string of the molecule is CCOC(=O)C=CC(=O)c1ccc(OC)cc1. The average Bonchev–Trinajstić information content (AvgIpc) is 2.36. The van der Waals surface area contributed by atoms with Gasteiger partial charge >= 0.3 is 5.97 Å². The summed E-state index contributed by atoms with van der Waals surface area (Å²) in [6.45, 7) is 2.00. The molecule has 0 saturated carbocycles. The molecule has 1 aromatic rings. The van der Waals surface area contributed by atoms with Gasteiger partial charge < -0.3 is 9.47 Å². The smallest absolute Gasteiger partial charge is 0.330 e. The van der Waals surface area contributed by atoms with Crippen molar-refractivity contribution in [2.75, 3.05) is 13.7 Å². The van der Waals surface area contributed by atoms with Crippen LogP contribution in [0.4, 0.5) is 0 Å². The number of ketones is 1. The van der Waals surface area contributed by atoms with Crippen molar-refractivity contribution in [3.05, 3.63) is 42.0 Å². The van der Waals surface area contributed by atoms with Crippen molar-refractivity contribution >= 4 is 11.8 Å². The van der Waals surface area contributed by atoms with Crippen molar-refractivity contribution in [1.29, 1.82) is 0 Å². The molecule has 0 aliphatic heterocycles. The zero-order valence-electron chi connectivity index (χ0n) is 9.80. The lowest BCUT2D eigenvalue weighted by Crippen LogP contribution is -2.01. The minimum Gasteiger partial charge on any atom is -0.497 e. The number of rotatable bonds is 5. The topological polar surface area (TPSA) is 52.6 Å². The molecule has 0 heterocycles. The first kappa shape index (κ1) is 13.0. The van der Waals surface area contributed by atoms with Gasteiger partial charge in [0.1, 0.15) is 5.75 Å². The van der Waals surface area contributed by atoms with Crippen LogP contribution in [-0.2, 0) is 9.53 Å². The quantitative estimate of drug-likeness (QED) is 0.444. The minimum atomic E-state index is -0.519. The van der Waals surface area contributed by atoms with Crippen LogP contribution in [0.15, 0.2) is 36.4 Å². The van der Waals surface area contributed by atoms with Gasteiger partial charge in [0.25, 0.3) is 0 Å². The summed E-state index contributed by atoms with van der Waals surface area (Å²) in [6, 6.07) is 6.64. The fourth-order valence-electron chi connectivity index (χ4n) is 1.19. The van der Waals surface area contributed by atoms with E-state index < -0.39 is 5.97 Å². The second-order valence-corrected chi connectivity index (χ2v) is 3.18. The van der Waals surface area contributed by atoms with Crippen molar-refractivity contribution < 1.29 is 19.1 Å². The van der Waals surface area contributed by atoms with Gasteiger partial charge in [-0.1, -0.05) is 0 Å². The number of ether oxygens (including phenoxy) is 2. The molecule has 4 nitrogen and oxygen atoms in total. The van der Waals surface area contributed by atoms with Crippen molar-refractivity contribution in [2.24, 2.45) is 0 Å². The fraction of sp³-hybridized carbons (Fsp3) is 0.231. The molecular formula is C13H14O4. The van der Waals surface area contributed by atoms with Crippen molar-refractivity contribution in [1.82, 2.24) is 0 Å². The average molecular weight is 234 g/mol. The van der Waals surface area contributed by atoms with E-state index in [0.29, 0.717) is 17.9 Å². The van der Waals surface area contributed by atoms with E-state index in [2.05, 4.69) is 4.74 Å². The number of carbonyl (C=O) groups is 2. The van der Waals surface area contributed by atoms with Gasteiger partial charge in [-0.2, -0.15) is 0 Å². The van der Waals surface area contributed by atoms with E-state index in [4.69, 9.17) is 4.74 Å². The number of esters is 1. The van der Waals surface area contributed by atoms with Crippen LogP contribution in [0.25, 0.3) is 0 Å². The third kappa shape index (κ3) is 4.10. The van der Waals surface area contributed by atoms with E-state index in [0.717, 1.165) is 6.08 Å². The van der Waals surface area contributed by atoms with Gasteiger partial charge in [0.15, 0.2) is 5.78 Å².